The van der Waals surface area contributed by atoms with Crippen LogP contribution in [0, 0.1) is 15.5 Å². The van der Waals surface area contributed by atoms with Gasteiger partial charge < -0.3 is 15.4 Å². The van der Waals surface area contributed by atoms with Crippen LogP contribution in [-0.2, 0) is 0 Å². The molecule has 2 N–H and O–H groups in total. The Morgan fingerprint density at radius 2 is 2.23 bits per heavy atom. The lowest BCUT2D eigenvalue weighted by Crippen LogP contribution is -2.23. The molecular weight excluding hydrogens is 170 g/mol. The molecule has 0 aromatic carbocycles. The van der Waals surface area contributed by atoms with E-state index >= 15 is 0 Å². The van der Waals surface area contributed by atoms with Crippen LogP contribution in [0.25, 0.3) is 0 Å². The van der Waals surface area contributed by atoms with Crippen molar-refractivity contribution in [3.63, 3.8) is 0 Å². The van der Waals surface area contributed by atoms with E-state index in [9.17, 15) is 10.1 Å². The Kier molecular flexibility index (Phi) is 4.72. The number of nitrogens with zero attached hydrogens (tertiary/aromatic N) is 1. The molecule has 5 nitrogen and oxygen atoms in total. The van der Waals surface area contributed by atoms with Gasteiger partial charge in [-0.1, -0.05) is 12.3 Å². The Balaban J connectivity index is 4.38. The van der Waals surface area contributed by atoms with Gasteiger partial charge in [-0.2, -0.15) is 0 Å². The van der Waals surface area contributed by atoms with Crippen molar-refractivity contribution < 1.29 is 4.92 Å². The summed E-state index contributed by atoms with van der Waals surface area (Å²) >= 11 is 0. The van der Waals surface area contributed by atoms with Crippen LogP contribution in [0.3, 0.4) is 0 Å². The topological polar surface area (TPSA) is 79.0 Å². The minimum atomic E-state index is -0.711. The number of nitrogens with one attached hydrogen (secondary N) is 2. The zero-order chi connectivity index (χ0) is 10.4. The maximum absolute atomic E-state index is 10.1. The molecule has 0 amide bonds. The van der Waals surface area contributed by atoms with E-state index < -0.39 is 10.8 Å². The molecule has 0 saturated carbocycles. The Hall–Kier alpha value is -1.39. The zero-order valence-corrected chi connectivity index (χ0v) is 8.13. The molecule has 74 valence electrons. The van der Waals surface area contributed by atoms with E-state index in [2.05, 4.69) is 5.32 Å². The van der Waals surface area contributed by atoms with Crippen molar-refractivity contribution in [2.75, 3.05) is 0 Å². The van der Waals surface area contributed by atoms with Crippen molar-refractivity contribution >= 4 is 5.84 Å². The predicted molar refractivity (Wildman–Crippen MR) is 51.4 cm³/mol. The van der Waals surface area contributed by atoms with Gasteiger partial charge in [0.1, 0.15) is 0 Å². The lowest BCUT2D eigenvalue weighted by atomic mass is 10.2. The average Bonchev–Trinajstić information content (AvgIpc) is 2.02. The van der Waals surface area contributed by atoms with Gasteiger partial charge in [0.25, 0.3) is 0 Å². The lowest BCUT2D eigenvalue weighted by molar-refractivity contribution is -0.349. The summed E-state index contributed by atoms with van der Waals surface area (Å²) in [6.45, 7) is 5.77. The highest BCUT2D eigenvalue weighted by Gasteiger charge is 2.05. The molecule has 0 aromatic heterocycles. The molecule has 0 rings (SSSR count). The minimum absolute atomic E-state index is 0.228. The first kappa shape index (κ1) is 11.6. The van der Waals surface area contributed by atoms with Gasteiger partial charge in [-0.15, -0.1) is 0 Å². The van der Waals surface area contributed by atoms with E-state index in [4.69, 9.17) is 5.41 Å². The number of hydrogen-bond acceptors (Lipinski definition) is 4. The second kappa shape index (κ2) is 5.29. The molecule has 13 heavy (non-hydrogen) atoms. The Labute approximate surface area is 77.5 Å². The molecule has 0 spiro atoms. The van der Waals surface area contributed by atoms with Gasteiger partial charge in [0, 0.05) is 11.7 Å². The smallest absolute Gasteiger partial charge is 0.357 e. The standard InChI is InChI=1S/C8H15N3O2/c1-4-7(10-6(2)3)5-8(9)11(12)13/h5-6,9-10H,4H2,1-3H3/b7-5-,9-8?. The second-order valence-corrected chi connectivity index (χ2v) is 2.96. The van der Waals surface area contributed by atoms with Crippen LogP contribution in [0.1, 0.15) is 27.2 Å². The molecule has 0 radical (unpaired) electrons. The van der Waals surface area contributed by atoms with Crippen molar-refractivity contribution in [2.24, 2.45) is 0 Å². The highest BCUT2D eigenvalue weighted by atomic mass is 16.6. The van der Waals surface area contributed by atoms with Crippen molar-refractivity contribution in [3.05, 3.63) is 21.9 Å². The van der Waals surface area contributed by atoms with Gasteiger partial charge in [0.2, 0.25) is 0 Å². The summed E-state index contributed by atoms with van der Waals surface area (Å²) in [6.07, 6.45) is 1.91. The Bertz CT molecular complexity index is 234. The summed E-state index contributed by atoms with van der Waals surface area (Å²) in [5, 5.41) is 20.2. The predicted octanol–water partition coefficient (Wildman–Crippen LogP) is 1.53. The van der Waals surface area contributed by atoms with Crippen molar-refractivity contribution in [3.8, 4) is 0 Å². The van der Waals surface area contributed by atoms with Crippen LogP contribution in [0.15, 0.2) is 11.8 Å². The van der Waals surface area contributed by atoms with Gasteiger partial charge in [-0.3, -0.25) is 0 Å². The first-order valence-corrected chi connectivity index (χ1v) is 4.17. The maximum atomic E-state index is 10.1. The molecular formula is C8H15N3O2. The third kappa shape index (κ3) is 4.95. The fourth-order valence-corrected chi connectivity index (χ4v) is 0.834. The van der Waals surface area contributed by atoms with Crippen LogP contribution in [-0.4, -0.2) is 16.8 Å². The summed E-state index contributed by atoms with van der Waals surface area (Å²) in [6, 6.07) is 0.228. The quantitative estimate of drug-likeness (QED) is 0.302. The minimum Gasteiger partial charge on any atom is -0.386 e. The SMILES string of the molecule is CC/C(=C/C(=N)[N+](=O)[O-])NC(C)C. The highest BCUT2D eigenvalue weighted by molar-refractivity contribution is 5.83. The molecule has 0 atom stereocenters. The van der Waals surface area contributed by atoms with Crippen LogP contribution in [0.2, 0.25) is 0 Å². The summed E-state index contributed by atoms with van der Waals surface area (Å²) < 4.78 is 0. The molecule has 0 fully saturated rings. The number of rotatable bonds is 4. The summed E-state index contributed by atoms with van der Waals surface area (Å²) in [5.41, 5.74) is 0.719. The van der Waals surface area contributed by atoms with Gasteiger partial charge in [-0.05, 0) is 25.2 Å². The third-order valence-electron chi connectivity index (χ3n) is 1.36. The molecule has 0 bridgehead atoms. The first-order valence-electron chi connectivity index (χ1n) is 4.17. The third-order valence-corrected chi connectivity index (χ3v) is 1.36. The number of allylic oxidation sites excluding steroid dienone is 1. The number of amidine groups is 1. The van der Waals surface area contributed by atoms with Gasteiger partial charge >= 0.3 is 5.84 Å². The first-order chi connectivity index (χ1) is 5.97. The molecule has 0 saturated heterocycles. The van der Waals surface area contributed by atoms with Crippen LogP contribution in [0.4, 0.5) is 0 Å². The van der Waals surface area contributed by atoms with Crippen LogP contribution in [0.5, 0.6) is 0 Å². The molecule has 0 aliphatic rings. The normalized spacial score (nSPS) is 11.5. The van der Waals surface area contributed by atoms with E-state index in [-0.39, 0.29) is 6.04 Å². The fourth-order valence-electron chi connectivity index (χ4n) is 0.834. The van der Waals surface area contributed by atoms with E-state index in [0.29, 0.717) is 6.42 Å². The monoisotopic (exact) mass is 185 g/mol. The van der Waals surface area contributed by atoms with E-state index in [1.165, 1.54) is 6.08 Å². The summed E-state index contributed by atoms with van der Waals surface area (Å²) in [4.78, 5) is 9.43. The Morgan fingerprint density at radius 1 is 1.69 bits per heavy atom. The molecule has 0 aliphatic carbocycles. The Morgan fingerprint density at radius 3 is 2.54 bits per heavy atom. The van der Waals surface area contributed by atoms with Gasteiger partial charge in [-0.25, -0.2) is 0 Å². The molecule has 0 heterocycles. The number of nitro groups is 1. The second-order valence-electron chi connectivity index (χ2n) is 2.96. The van der Waals surface area contributed by atoms with Crippen molar-refractivity contribution in [2.45, 2.75) is 33.2 Å². The average molecular weight is 185 g/mol. The highest BCUT2D eigenvalue weighted by Crippen LogP contribution is 1.98. The van der Waals surface area contributed by atoms with Crippen molar-refractivity contribution in [1.29, 1.82) is 5.41 Å². The lowest BCUT2D eigenvalue weighted by Gasteiger charge is -2.11. The van der Waals surface area contributed by atoms with E-state index in [1.807, 2.05) is 20.8 Å². The maximum Gasteiger partial charge on any atom is 0.357 e. The molecule has 5 heteroatoms. The van der Waals surface area contributed by atoms with Gasteiger partial charge in [0.05, 0.1) is 6.08 Å². The molecule has 0 aliphatic heterocycles. The zero-order valence-electron chi connectivity index (χ0n) is 8.13. The molecule has 0 aromatic rings. The van der Waals surface area contributed by atoms with Crippen LogP contribution < -0.4 is 5.32 Å². The number of hydrogen-bond donors (Lipinski definition) is 2. The van der Waals surface area contributed by atoms with Gasteiger partial charge in [0.15, 0.2) is 0 Å². The molecule has 0 unspecified atom stereocenters. The van der Waals surface area contributed by atoms with Crippen LogP contribution >= 0.6 is 0 Å². The van der Waals surface area contributed by atoms with E-state index in [0.717, 1.165) is 5.70 Å². The van der Waals surface area contributed by atoms with E-state index in [1.54, 1.807) is 0 Å². The summed E-state index contributed by atoms with van der Waals surface area (Å²) in [5.74, 6) is -0.579. The summed E-state index contributed by atoms with van der Waals surface area (Å²) in [7, 11) is 0. The largest absolute Gasteiger partial charge is 0.386 e. The fraction of sp³-hybridized carbons (Fsp3) is 0.625. The van der Waals surface area contributed by atoms with Crippen molar-refractivity contribution in [1.82, 2.24) is 5.32 Å².